The second kappa shape index (κ2) is 5.02. The van der Waals surface area contributed by atoms with E-state index >= 15 is 0 Å². The standard InChI is InChI=1S/C10H17NO2/c1-3-10(12)13-8-9-4-6-11(2)7-5-9/h3,9H,1,4-8H2,2H3. The van der Waals surface area contributed by atoms with Crippen molar-refractivity contribution in [1.29, 1.82) is 0 Å². The topological polar surface area (TPSA) is 29.5 Å². The van der Waals surface area contributed by atoms with E-state index in [9.17, 15) is 4.79 Å². The fourth-order valence-electron chi connectivity index (χ4n) is 1.49. The molecule has 1 heterocycles. The van der Waals surface area contributed by atoms with Gasteiger partial charge in [0.05, 0.1) is 6.61 Å². The fourth-order valence-corrected chi connectivity index (χ4v) is 1.49. The van der Waals surface area contributed by atoms with Gasteiger partial charge in [-0.15, -0.1) is 0 Å². The van der Waals surface area contributed by atoms with Gasteiger partial charge in [-0.05, 0) is 38.9 Å². The average molecular weight is 183 g/mol. The second-order valence-corrected chi connectivity index (χ2v) is 3.58. The first-order valence-electron chi connectivity index (χ1n) is 4.70. The van der Waals surface area contributed by atoms with Gasteiger partial charge in [-0.1, -0.05) is 6.58 Å². The molecule has 3 heteroatoms. The molecule has 74 valence electrons. The lowest BCUT2D eigenvalue weighted by Crippen LogP contribution is -2.32. The first-order valence-corrected chi connectivity index (χ1v) is 4.70. The maximum absolute atomic E-state index is 10.8. The highest BCUT2D eigenvalue weighted by Crippen LogP contribution is 2.15. The molecule has 0 amide bonds. The van der Waals surface area contributed by atoms with Gasteiger partial charge in [0.2, 0.25) is 0 Å². The summed E-state index contributed by atoms with van der Waals surface area (Å²) >= 11 is 0. The Morgan fingerprint density at radius 2 is 2.23 bits per heavy atom. The van der Waals surface area contributed by atoms with Crippen LogP contribution in [0.5, 0.6) is 0 Å². The van der Waals surface area contributed by atoms with Crippen molar-refractivity contribution in [1.82, 2.24) is 4.90 Å². The van der Waals surface area contributed by atoms with Crippen LogP contribution in [0.4, 0.5) is 0 Å². The van der Waals surface area contributed by atoms with Crippen LogP contribution in [0.15, 0.2) is 12.7 Å². The van der Waals surface area contributed by atoms with Crippen molar-refractivity contribution in [2.45, 2.75) is 12.8 Å². The first-order chi connectivity index (χ1) is 6.22. The normalized spacial score (nSPS) is 19.8. The monoisotopic (exact) mass is 183 g/mol. The number of rotatable bonds is 3. The van der Waals surface area contributed by atoms with E-state index in [0.717, 1.165) is 25.9 Å². The van der Waals surface area contributed by atoms with E-state index in [1.165, 1.54) is 6.08 Å². The molecule has 1 aliphatic rings. The molecule has 1 rings (SSSR count). The van der Waals surface area contributed by atoms with Gasteiger partial charge < -0.3 is 9.64 Å². The van der Waals surface area contributed by atoms with Crippen LogP contribution in [0.3, 0.4) is 0 Å². The summed E-state index contributed by atoms with van der Waals surface area (Å²) in [6.07, 6.45) is 3.47. The van der Waals surface area contributed by atoms with Crippen molar-refractivity contribution in [3.63, 3.8) is 0 Å². The van der Waals surface area contributed by atoms with E-state index in [1.54, 1.807) is 0 Å². The molecule has 0 aromatic rings. The van der Waals surface area contributed by atoms with Gasteiger partial charge in [-0.3, -0.25) is 0 Å². The molecule has 3 nitrogen and oxygen atoms in total. The van der Waals surface area contributed by atoms with Crippen LogP contribution in [-0.2, 0) is 9.53 Å². The smallest absolute Gasteiger partial charge is 0.330 e. The maximum atomic E-state index is 10.8. The lowest BCUT2D eigenvalue weighted by molar-refractivity contribution is -0.139. The Balaban J connectivity index is 2.15. The van der Waals surface area contributed by atoms with Gasteiger partial charge >= 0.3 is 5.97 Å². The number of hydrogen-bond acceptors (Lipinski definition) is 3. The Morgan fingerprint density at radius 3 is 2.77 bits per heavy atom. The van der Waals surface area contributed by atoms with Crippen LogP contribution >= 0.6 is 0 Å². The third-order valence-corrected chi connectivity index (χ3v) is 2.47. The fraction of sp³-hybridized carbons (Fsp3) is 0.700. The quantitative estimate of drug-likeness (QED) is 0.484. The number of likely N-dealkylation sites (tertiary alicyclic amines) is 1. The minimum absolute atomic E-state index is 0.307. The first kappa shape index (κ1) is 10.3. The molecule has 0 spiro atoms. The molecule has 0 saturated carbocycles. The third-order valence-electron chi connectivity index (χ3n) is 2.47. The van der Waals surface area contributed by atoms with Gasteiger partial charge in [-0.2, -0.15) is 0 Å². The highest BCUT2D eigenvalue weighted by Gasteiger charge is 2.17. The summed E-state index contributed by atoms with van der Waals surface area (Å²) < 4.78 is 4.99. The van der Waals surface area contributed by atoms with Gasteiger partial charge in [0.15, 0.2) is 0 Å². The zero-order valence-electron chi connectivity index (χ0n) is 8.16. The molecule has 1 fully saturated rings. The molecule has 1 aliphatic heterocycles. The highest BCUT2D eigenvalue weighted by atomic mass is 16.5. The Hall–Kier alpha value is -0.830. The zero-order valence-corrected chi connectivity index (χ0v) is 8.16. The van der Waals surface area contributed by atoms with Crippen molar-refractivity contribution in [3.05, 3.63) is 12.7 Å². The molecule has 0 aliphatic carbocycles. The Kier molecular flexibility index (Phi) is 3.96. The number of carbonyl (C=O) groups is 1. The minimum atomic E-state index is -0.307. The molecular formula is C10H17NO2. The van der Waals surface area contributed by atoms with Crippen molar-refractivity contribution in [3.8, 4) is 0 Å². The SMILES string of the molecule is C=CC(=O)OCC1CCN(C)CC1. The van der Waals surface area contributed by atoms with Crippen molar-refractivity contribution >= 4 is 5.97 Å². The van der Waals surface area contributed by atoms with E-state index in [-0.39, 0.29) is 5.97 Å². The number of hydrogen-bond donors (Lipinski definition) is 0. The van der Waals surface area contributed by atoms with E-state index in [2.05, 4.69) is 18.5 Å². The summed E-state index contributed by atoms with van der Waals surface area (Å²) in [5.41, 5.74) is 0. The second-order valence-electron chi connectivity index (χ2n) is 3.58. The Labute approximate surface area is 79.4 Å². The number of nitrogens with zero attached hydrogens (tertiary/aromatic N) is 1. The number of carbonyl (C=O) groups excluding carboxylic acids is 1. The molecular weight excluding hydrogens is 166 g/mol. The summed E-state index contributed by atoms with van der Waals surface area (Å²) in [4.78, 5) is 13.1. The molecule has 0 aromatic carbocycles. The molecule has 0 radical (unpaired) electrons. The zero-order chi connectivity index (χ0) is 9.68. The summed E-state index contributed by atoms with van der Waals surface area (Å²) in [5, 5.41) is 0. The number of esters is 1. The van der Waals surface area contributed by atoms with Crippen LogP contribution < -0.4 is 0 Å². The molecule has 1 saturated heterocycles. The summed E-state index contributed by atoms with van der Waals surface area (Å²) in [6, 6.07) is 0. The summed E-state index contributed by atoms with van der Waals surface area (Å²) in [6.45, 7) is 6.12. The molecule has 0 atom stereocenters. The highest BCUT2D eigenvalue weighted by molar-refractivity contribution is 5.81. The molecule has 0 N–H and O–H groups in total. The predicted octanol–water partition coefficient (Wildman–Crippen LogP) is 1.06. The van der Waals surface area contributed by atoms with Crippen molar-refractivity contribution in [2.24, 2.45) is 5.92 Å². The Bertz CT molecular complexity index is 183. The van der Waals surface area contributed by atoms with Crippen LogP contribution in [0, 0.1) is 5.92 Å². The van der Waals surface area contributed by atoms with Gasteiger partial charge in [0, 0.05) is 6.08 Å². The van der Waals surface area contributed by atoms with E-state index in [4.69, 9.17) is 4.74 Å². The van der Waals surface area contributed by atoms with Gasteiger partial charge in [0.25, 0.3) is 0 Å². The molecule has 0 aromatic heterocycles. The molecule has 13 heavy (non-hydrogen) atoms. The van der Waals surface area contributed by atoms with Crippen molar-refractivity contribution in [2.75, 3.05) is 26.7 Å². The van der Waals surface area contributed by atoms with Crippen molar-refractivity contribution < 1.29 is 9.53 Å². The Morgan fingerprint density at radius 1 is 1.62 bits per heavy atom. The van der Waals surface area contributed by atoms with Crippen LogP contribution in [0.1, 0.15) is 12.8 Å². The third kappa shape index (κ3) is 3.59. The molecule has 0 bridgehead atoms. The average Bonchev–Trinajstić information content (AvgIpc) is 2.16. The number of piperidine rings is 1. The van der Waals surface area contributed by atoms with Gasteiger partial charge in [-0.25, -0.2) is 4.79 Å². The van der Waals surface area contributed by atoms with E-state index < -0.39 is 0 Å². The molecule has 0 unspecified atom stereocenters. The lowest BCUT2D eigenvalue weighted by atomic mass is 9.98. The van der Waals surface area contributed by atoms with E-state index in [0.29, 0.717) is 12.5 Å². The predicted molar refractivity (Wildman–Crippen MR) is 51.4 cm³/mol. The maximum Gasteiger partial charge on any atom is 0.330 e. The summed E-state index contributed by atoms with van der Waals surface area (Å²) in [7, 11) is 2.12. The van der Waals surface area contributed by atoms with Crippen LogP contribution in [0.2, 0.25) is 0 Å². The minimum Gasteiger partial charge on any atom is -0.462 e. The summed E-state index contributed by atoms with van der Waals surface area (Å²) in [5.74, 6) is 0.235. The van der Waals surface area contributed by atoms with Gasteiger partial charge in [0.1, 0.15) is 0 Å². The van der Waals surface area contributed by atoms with E-state index in [1.807, 2.05) is 0 Å². The number of ether oxygens (including phenoxy) is 1. The largest absolute Gasteiger partial charge is 0.462 e. The van der Waals surface area contributed by atoms with Crippen LogP contribution in [-0.4, -0.2) is 37.6 Å². The van der Waals surface area contributed by atoms with Crippen LogP contribution in [0.25, 0.3) is 0 Å². The lowest BCUT2D eigenvalue weighted by Gasteiger charge is -2.28.